The predicted octanol–water partition coefficient (Wildman–Crippen LogP) is 9.16. The minimum absolute atomic E-state index is 0.233. The van der Waals surface area contributed by atoms with Crippen molar-refractivity contribution in [3.63, 3.8) is 0 Å². The average Bonchev–Trinajstić information content (AvgIpc) is 3.82. The summed E-state index contributed by atoms with van der Waals surface area (Å²) < 4.78 is 4.83. The van der Waals surface area contributed by atoms with Crippen LogP contribution in [-0.2, 0) is 15.0 Å². The fraction of sp³-hybridized carbons (Fsp3) is 0.0857. The van der Waals surface area contributed by atoms with E-state index in [4.69, 9.17) is 0 Å². The molecule has 9 rings (SSSR count). The Hall–Kier alpha value is -4.08. The second-order valence-electron chi connectivity index (χ2n) is 11.4. The first-order valence-electron chi connectivity index (χ1n) is 13.7. The van der Waals surface area contributed by atoms with Crippen LogP contribution in [0.5, 0.6) is 0 Å². The second-order valence-corrected chi connectivity index (χ2v) is 15.7. The van der Waals surface area contributed by atoms with E-state index in [0.29, 0.717) is 33.4 Å². The van der Waals surface area contributed by atoms with Crippen molar-refractivity contribution in [2.45, 2.75) is 19.3 Å². The number of benzene rings is 2. The van der Waals surface area contributed by atoms with E-state index in [2.05, 4.69) is 26.0 Å². The Morgan fingerprint density at radius 1 is 0.535 bits per heavy atom. The lowest BCUT2D eigenvalue weighted by Gasteiger charge is -2.20. The topological polar surface area (TPSA) is 68.3 Å². The Balaban J connectivity index is 1.13. The number of carbonyl (C=O) groups excluding carboxylic acids is 4. The maximum atomic E-state index is 12.8. The van der Waals surface area contributed by atoms with Gasteiger partial charge >= 0.3 is 0 Å². The zero-order chi connectivity index (χ0) is 29.4. The van der Waals surface area contributed by atoms with Gasteiger partial charge in [0.05, 0.1) is 19.2 Å². The summed E-state index contributed by atoms with van der Waals surface area (Å²) in [6, 6.07) is 18.7. The minimum atomic E-state index is -0.441. The lowest BCUT2D eigenvalue weighted by Crippen LogP contribution is -2.14. The van der Waals surface area contributed by atoms with Gasteiger partial charge in [0.2, 0.25) is 23.1 Å². The number of thiophene rings is 4. The fourth-order valence-corrected chi connectivity index (χ4v) is 12.6. The summed E-state index contributed by atoms with van der Waals surface area (Å²) in [5, 5.41) is 0. The Labute approximate surface area is 261 Å². The van der Waals surface area contributed by atoms with Crippen LogP contribution in [0.3, 0.4) is 0 Å². The first-order chi connectivity index (χ1) is 20.7. The van der Waals surface area contributed by atoms with Crippen molar-refractivity contribution >= 4 is 111 Å². The van der Waals surface area contributed by atoms with Crippen LogP contribution in [0.4, 0.5) is 0 Å². The van der Waals surface area contributed by atoms with Gasteiger partial charge in [-0.25, -0.2) is 0 Å². The third-order valence-electron chi connectivity index (χ3n) is 8.62. The molecule has 4 nitrogen and oxygen atoms in total. The number of Topliss-reactive ketones (excluding diaryl/α,β-unsaturated/α-hetero) is 4. The van der Waals surface area contributed by atoms with E-state index in [1.807, 2.05) is 36.4 Å². The van der Waals surface area contributed by atoms with E-state index in [0.717, 1.165) is 9.75 Å². The van der Waals surface area contributed by atoms with Crippen LogP contribution in [0.25, 0.3) is 51.9 Å². The van der Waals surface area contributed by atoms with E-state index in [1.54, 1.807) is 69.6 Å². The molecule has 4 aromatic heterocycles. The monoisotopic (exact) mass is 630 g/mol. The van der Waals surface area contributed by atoms with Gasteiger partial charge in [-0.3, -0.25) is 19.2 Å². The molecule has 0 unspecified atom stereocenters. The van der Waals surface area contributed by atoms with Crippen molar-refractivity contribution in [1.82, 2.24) is 0 Å². The Bertz CT molecular complexity index is 2230. The van der Waals surface area contributed by atoms with Crippen molar-refractivity contribution in [3.8, 4) is 9.75 Å². The summed E-state index contributed by atoms with van der Waals surface area (Å²) in [6.07, 6.45) is 3.75. The van der Waals surface area contributed by atoms with Crippen LogP contribution in [0.2, 0.25) is 0 Å². The molecule has 0 aliphatic heterocycles. The standard InChI is InChI=1S/C35H18O4S4/c1-35(2)25-31-23(13-15(40-31)11-21-17-7-3-5-9-19(17)27(36)29(21)38)42-33(25)34-26(35)32-24(43-34)14-16(41-32)12-22-18-8-4-6-10-20(18)28(37)30(22)39/h3-14H,1-2H3/b21-11-,22-12-. The number of allylic oxidation sites excluding steroid dienone is 2. The highest BCUT2D eigenvalue weighted by molar-refractivity contribution is 7.35. The van der Waals surface area contributed by atoms with E-state index < -0.39 is 23.1 Å². The molecule has 206 valence electrons. The molecular weight excluding hydrogens is 613 g/mol. The molecule has 0 atom stereocenters. The minimum Gasteiger partial charge on any atom is -0.285 e. The Morgan fingerprint density at radius 2 is 0.930 bits per heavy atom. The van der Waals surface area contributed by atoms with Crippen LogP contribution < -0.4 is 0 Å². The third-order valence-corrected chi connectivity index (χ3v) is 13.5. The number of hydrogen-bond donors (Lipinski definition) is 0. The van der Waals surface area contributed by atoms with Crippen molar-refractivity contribution in [2.75, 3.05) is 0 Å². The smallest absolute Gasteiger partial charge is 0.234 e. The summed E-state index contributed by atoms with van der Waals surface area (Å²) in [5.41, 5.74) is 5.71. The number of rotatable bonds is 2. The molecule has 0 fully saturated rings. The van der Waals surface area contributed by atoms with Crippen LogP contribution in [-0.4, -0.2) is 23.1 Å². The number of ketones is 4. The summed E-state index contributed by atoms with van der Waals surface area (Å²) >= 11 is 6.93. The van der Waals surface area contributed by atoms with Gasteiger partial charge in [-0.05, 0) is 46.5 Å². The molecule has 8 heteroatoms. The molecule has 0 saturated heterocycles. The quantitative estimate of drug-likeness (QED) is 0.141. The van der Waals surface area contributed by atoms with Gasteiger partial charge < -0.3 is 0 Å². The van der Waals surface area contributed by atoms with Gasteiger partial charge in [0.25, 0.3) is 0 Å². The van der Waals surface area contributed by atoms with E-state index >= 15 is 0 Å². The molecule has 6 aromatic rings. The first kappa shape index (κ1) is 25.4. The van der Waals surface area contributed by atoms with E-state index in [-0.39, 0.29) is 5.41 Å². The molecule has 0 radical (unpaired) electrons. The van der Waals surface area contributed by atoms with Crippen LogP contribution in [0.15, 0.2) is 60.7 Å². The molecule has 2 aromatic carbocycles. The second kappa shape index (κ2) is 8.51. The van der Waals surface area contributed by atoms with Crippen LogP contribution in [0, 0.1) is 0 Å². The Kier molecular flexibility index (Phi) is 5.03. The van der Waals surface area contributed by atoms with E-state index in [1.165, 1.54) is 39.7 Å². The number of fused-ring (bicyclic) bond motifs is 9. The molecule has 3 aliphatic rings. The number of carbonyl (C=O) groups is 4. The summed E-state index contributed by atoms with van der Waals surface area (Å²) in [6.45, 7) is 4.55. The lowest BCUT2D eigenvalue weighted by atomic mass is 9.84. The van der Waals surface area contributed by atoms with Crippen molar-refractivity contribution < 1.29 is 19.2 Å². The summed E-state index contributed by atoms with van der Waals surface area (Å²) in [7, 11) is 0. The molecule has 0 N–H and O–H groups in total. The maximum absolute atomic E-state index is 12.8. The van der Waals surface area contributed by atoms with Gasteiger partial charge in [0, 0.05) is 46.8 Å². The van der Waals surface area contributed by atoms with Crippen molar-refractivity contribution in [2.24, 2.45) is 0 Å². The first-order valence-corrected chi connectivity index (χ1v) is 16.9. The largest absolute Gasteiger partial charge is 0.285 e. The molecule has 0 amide bonds. The molecular formula is C35H18O4S4. The fourth-order valence-electron chi connectivity index (χ4n) is 6.67. The highest BCUT2D eigenvalue weighted by Gasteiger charge is 2.43. The molecule has 3 aliphatic carbocycles. The SMILES string of the molecule is CC1(C)c2c(sc3cc(/C=C4\C(=O)C(=O)c5ccccc54)sc23)-c2sc3cc(/C=C4\C(=O)C(=O)c5ccccc54)sc3c21. The maximum Gasteiger partial charge on any atom is 0.234 e. The van der Waals surface area contributed by atoms with Crippen molar-refractivity contribution in [3.05, 3.63) is 104 Å². The highest BCUT2D eigenvalue weighted by atomic mass is 32.1. The van der Waals surface area contributed by atoms with Gasteiger partial charge in [0.15, 0.2) is 0 Å². The van der Waals surface area contributed by atoms with E-state index in [9.17, 15) is 19.2 Å². The molecule has 0 saturated carbocycles. The zero-order valence-corrected chi connectivity index (χ0v) is 26.0. The van der Waals surface area contributed by atoms with Crippen LogP contribution in [0.1, 0.15) is 66.6 Å². The predicted molar refractivity (Wildman–Crippen MR) is 178 cm³/mol. The van der Waals surface area contributed by atoms with Gasteiger partial charge in [0.1, 0.15) is 0 Å². The highest BCUT2D eigenvalue weighted by Crippen LogP contribution is 2.62. The summed E-state index contributed by atoms with van der Waals surface area (Å²) in [4.78, 5) is 55.2. The molecule has 0 bridgehead atoms. The third kappa shape index (κ3) is 3.29. The van der Waals surface area contributed by atoms with Gasteiger partial charge in [-0.2, -0.15) is 0 Å². The normalized spacial score (nSPS) is 18.5. The molecule has 0 spiro atoms. The molecule has 43 heavy (non-hydrogen) atoms. The van der Waals surface area contributed by atoms with Gasteiger partial charge in [-0.1, -0.05) is 62.4 Å². The average molecular weight is 631 g/mol. The lowest BCUT2D eigenvalue weighted by molar-refractivity contribution is -0.110. The van der Waals surface area contributed by atoms with Crippen molar-refractivity contribution in [1.29, 1.82) is 0 Å². The summed E-state index contributed by atoms with van der Waals surface area (Å²) in [5.74, 6) is -1.75. The number of hydrogen-bond acceptors (Lipinski definition) is 8. The zero-order valence-electron chi connectivity index (χ0n) is 22.7. The van der Waals surface area contributed by atoms with Crippen LogP contribution >= 0.6 is 45.3 Å². The molecule has 4 heterocycles. The van der Waals surface area contributed by atoms with Gasteiger partial charge in [-0.15, -0.1) is 45.3 Å². The Morgan fingerprint density at radius 3 is 1.35 bits per heavy atom.